The lowest BCUT2D eigenvalue weighted by Crippen LogP contribution is -2.48. The molecular weight excluding hydrogens is 456 g/mol. The van der Waals surface area contributed by atoms with Gasteiger partial charge in [-0.25, -0.2) is 4.79 Å². The lowest BCUT2D eigenvalue weighted by molar-refractivity contribution is 0.0458. The van der Waals surface area contributed by atoms with Crippen molar-refractivity contribution < 1.29 is 19.2 Å². The lowest BCUT2D eigenvalue weighted by atomic mass is 10.0. The highest BCUT2D eigenvalue weighted by Gasteiger charge is 2.41. The highest BCUT2D eigenvalue weighted by molar-refractivity contribution is 7.79. The molecule has 31 heavy (non-hydrogen) atoms. The maximum absolute atomic E-state index is 14.5. The van der Waals surface area contributed by atoms with Crippen LogP contribution in [0.5, 0.6) is 0 Å². The highest BCUT2D eigenvalue weighted by atomic mass is 35.5. The molecule has 2 N–H and O–H groups in total. The Morgan fingerprint density at radius 2 is 1.42 bits per heavy atom. The van der Waals surface area contributed by atoms with E-state index in [1.807, 2.05) is 13.8 Å². The number of hydrogen-bond donors (Lipinski definition) is 2. The predicted octanol–water partition coefficient (Wildman–Crippen LogP) is 5.57. The van der Waals surface area contributed by atoms with Gasteiger partial charge >= 0.3 is 6.09 Å². The van der Waals surface area contributed by atoms with Crippen LogP contribution in [-0.2, 0) is 9.30 Å². The van der Waals surface area contributed by atoms with Crippen molar-refractivity contribution in [2.45, 2.75) is 58.5 Å². The molecule has 0 bridgehead atoms. The molecule has 0 aromatic heterocycles. The minimum absolute atomic E-state index is 0.124. The van der Waals surface area contributed by atoms with E-state index in [4.69, 9.17) is 27.9 Å². The second kappa shape index (κ2) is 10.4. The fourth-order valence-electron chi connectivity index (χ4n) is 3.26. The molecule has 0 aliphatic heterocycles. The molecule has 8 heteroatoms. The van der Waals surface area contributed by atoms with E-state index in [9.17, 15) is 14.5 Å². The smallest absolute Gasteiger partial charge is 0.407 e. The van der Waals surface area contributed by atoms with Crippen LogP contribution >= 0.6 is 30.3 Å². The van der Waals surface area contributed by atoms with E-state index in [0.29, 0.717) is 27.1 Å². The fourth-order valence-corrected chi connectivity index (χ4v) is 6.30. The van der Waals surface area contributed by atoms with Gasteiger partial charge in [-0.3, -0.25) is 0 Å². The van der Waals surface area contributed by atoms with Gasteiger partial charge in [0.05, 0.1) is 6.04 Å². The van der Waals surface area contributed by atoms with Crippen molar-refractivity contribution in [2.24, 2.45) is 5.92 Å². The third kappa shape index (κ3) is 6.98. The summed E-state index contributed by atoms with van der Waals surface area (Å²) in [5.74, 6) is -1.26. The number of amides is 1. The van der Waals surface area contributed by atoms with Crippen LogP contribution in [0.1, 0.15) is 41.0 Å². The van der Waals surface area contributed by atoms with E-state index in [1.54, 1.807) is 69.3 Å². The summed E-state index contributed by atoms with van der Waals surface area (Å²) in [5.41, 5.74) is -0.701. The first-order valence-electron chi connectivity index (χ1n) is 10.1. The van der Waals surface area contributed by atoms with Crippen molar-refractivity contribution in [3.05, 3.63) is 58.6 Å². The largest absolute Gasteiger partial charge is 0.444 e. The Morgan fingerprint density at radius 3 is 1.77 bits per heavy atom. The molecule has 0 radical (unpaired) electrons. The van der Waals surface area contributed by atoms with E-state index in [0.717, 1.165) is 0 Å². The Labute approximate surface area is 194 Å². The van der Waals surface area contributed by atoms with Crippen molar-refractivity contribution in [1.29, 1.82) is 0 Å². The van der Waals surface area contributed by atoms with Gasteiger partial charge in [-0.1, -0.05) is 37.0 Å². The maximum Gasteiger partial charge on any atom is 0.407 e. The normalized spacial score (nSPS) is 14.2. The molecule has 0 fully saturated rings. The fraction of sp³-hybridized carbons (Fsp3) is 0.435. The zero-order valence-corrected chi connectivity index (χ0v) is 20.8. The molecule has 0 spiro atoms. The van der Waals surface area contributed by atoms with E-state index < -0.39 is 30.7 Å². The van der Waals surface area contributed by atoms with Crippen LogP contribution in [0.3, 0.4) is 0 Å². The molecule has 1 amide bonds. The summed E-state index contributed by atoms with van der Waals surface area (Å²) >= 11 is 12.1. The molecule has 2 rings (SSSR count). The molecule has 0 aliphatic rings. The molecule has 5 nitrogen and oxygen atoms in total. The van der Waals surface area contributed by atoms with Crippen molar-refractivity contribution in [2.75, 3.05) is 0 Å². The Hall–Kier alpha value is -1.52. The molecule has 2 aromatic carbocycles. The maximum atomic E-state index is 14.5. The van der Waals surface area contributed by atoms with E-state index >= 15 is 0 Å². The number of nitrogens with one attached hydrogen (secondary N) is 1. The molecule has 2 aromatic rings. The minimum atomic E-state index is -3.61. The first-order valence-corrected chi connectivity index (χ1v) is 12.7. The van der Waals surface area contributed by atoms with E-state index in [-0.39, 0.29) is 5.92 Å². The van der Waals surface area contributed by atoms with Crippen LogP contribution in [0, 0.1) is 5.92 Å². The van der Waals surface area contributed by atoms with Gasteiger partial charge in [0.1, 0.15) is 11.4 Å². The number of rotatable bonds is 7. The lowest BCUT2D eigenvalue weighted by Gasteiger charge is -2.33. The topological polar surface area (TPSA) is 75.6 Å². The third-order valence-corrected chi connectivity index (χ3v) is 8.32. The third-order valence-electron chi connectivity index (χ3n) is 4.58. The van der Waals surface area contributed by atoms with Crippen LogP contribution < -0.4 is 15.9 Å². The monoisotopic (exact) mass is 485 g/mol. The van der Waals surface area contributed by atoms with Gasteiger partial charge in [0, 0.05) is 20.7 Å². The second-order valence-corrected chi connectivity index (χ2v) is 12.7. The number of benzene rings is 2. The van der Waals surface area contributed by atoms with Gasteiger partial charge < -0.3 is 19.7 Å². The van der Waals surface area contributed by atoms with E-state index in [1.165, 1.54) is 0 Å². The Balaban J connectivity index is 2.52. The number of halogens is 2. The number of aliphatic hydroxyl groups is 1. The SMILES string of the molecule is CC(C)C[C@H](NC(=O)OC(C)(C)C)C(O)P(=O)(c1ccc(Cl)cc1)c1ccc(Cl)cc1. The van der Waals surface area contributed by atoms with Gasteiger partial charge in [-0.15, -0.1) is 0 Å². The van der Waals surface area contributed by atoms with Crippen LogP contribution in [0.2, 0.25) is 10.0 Å². The zero-order chi connectivity index (χ0) is 23.4. The number of alkyl carbamates (subject to hydrolysis) is 1. The number of carbonyl (C=O) groups is 1. The van der Waals surface area contributed by atoms with E-state index in [2.05, 4.69) is 5.32 Å². The van der Waals surface area contributed by atoms with Crippen LogP contribution in [0.25, 0.3) is 0 Å². The summed E-state index contributed by atoms with van der Waals surface area (Å²) in [6.07, 6.45) is -0.262. The predicted molar refractivity (Wildman–Crippen MR) is 128 cm³/mol. The second-order valence-electron chi connectivity index (χ2n) is 8.91. The van der Waals surface area contributed by atoms with Gasteiger partial charge in [0.25, 0.3) is 0 Å². The van der Waals surface area contributed by atoms with Gasteiger partial charge in [-0.05, 0) is 81.6 Å². The highest BCUT2D eigenvalue weighted by Crippen LogP contribution is 2.49. The summed E-state index contributed by atoms with van der Waals surface area (Å²) in [5, 5.41) is 16.1. The van der Waals surface area contributed by atoms with Crippen molar-refractivity contribution in [3.8, 4) is 0 Å². The summed E-state index contributed by atoms with van der Waals surface area (Å²) in [6.45, 7) is 9.20. The summed E-state index contributed by atoms with van der Waals surface area (Å²) < 4.78 is 19.9. The molecule has 1 unspecified atom stereocenters. The summed E-state index contributed by atoms with van der Waals surface area (Å²) in [6, 6.07) is 12.3. The van der Waals surface area contributed by atoms with Gasteiger partial charge in [0.15, 0.2) is 7.14 Å². The number of carbonyl (C=O) groups excluding carboxylic acids is 1. The van der Waals surface area contributed by atoms with Crippen molar-refractivity contribution in [3.63, 3.8) is 0 Å². The first-order chi connectivity index (χ1) is 14.3. The van der Waals surface area contributed by atoms with Gasteiger partial charge in [-0.2, -0.15) is 0 Å². The standard InChI is InChI=1S/C23H30Cl2NO4P/c1-15(2)14-20(26-22(28)30-23(3,4)5)21(27)31(29,18-10-6-16(24)7-11-18)19-12-8-17(25)9-13-19/h6-13,15,20-21,27H,14H2,1-5H3,(H,26,28)/t20-,21?/m0/s1. The molecular formula is C23H30Cl2NO4P. The van der Waals surface area contributed by atoms with Crippen LogP contribution in [0.15, 0.2) is 48.5 Å². The average Bonchev–Trinajstić information content (AvgIpc) is 2.65. The Bertz CT molecular complexity index is 875. The molecule has 0 aliphatic carbocycles. The molecule has 170 valence electrons. The molecule has 2 atom stereocenters. The minimum Gasteiger partial charge on any atom is -0.444 e. The van der Waals surface area contributed by atoms with Crippen molar-refractivity contribution in [1.82, 2.24) is 5.32 Å². The van der Waals surface area contributed by atoms with Gasteiger partial charge in [0.2, 0.25) is 0 Å². The molecule has 0 saturated heterocycles. The first kappa shape index (κ1) is 25.7. The Kier molecular flexibility index (Phi) is 8.63. The average molecular weight is 486 g/mol. The molecule has 0 heterocycles. The van der Waals surface area contributed by atoms with Crippen LogP contribution in [-0.4, -0.2) is 28.7 Å². The number of aliphatic hydroxyl groups excluding tert-OH is 1. The quantitative estimate of drug-likeness (QED) is 0.503. The number of ether oxygens (including phenoxy) is 1. The Morgan fingerprint density at radius 1 is 1.00 bits per heavy atom. The summed E-state index contributed by atoms with van der Waals surface area (Å²) in [7, 11) is -3.61. The van der Waals surface area contributed by atoms with Crippen LogP contribution in [0.4, 0.5) is 4.79 Å². The molecule has 0 saturated carbocycles. The zero-order valence-electron chi connectivity index (χ0n) is 18.4. The number of hydrogen-bond acceptors (Lipinski definition) is 4. The van der Waals surface area contributed by atoms with Crippen molar-refractivity contribution >= 4 is 47.0 Å². The summed E-state index contributed by atoms with van der Waals surface area (Å²) in [4.78, 5) is 12.5.